The van der Waals surface area contributed by atoms with E-state index in [-0.39, 0.29) is 37.6 Å². The van der Waals surface area contributed by atoms with Crippen molar-refractivity contribution in [3.05, 3.63) is 57.6 Å². The molecule has 0 heterocycles. The third-order valence-electron chi connectivity index (χ3n) is 4.00. The van der Waals surface area contributed by atoms with Gasteiger partial charge in [0.25, 0.3) is 11.8 Å². The van der Waals surface area contributed by atoms with Gasteiger partial charge in [-0.25, -0.2) is 0 Å². The molecule has 0 fully saturated rings. The molecule has 8 heteroatoms. The number of ether oxygens (including phenoxy) is 2. The number of halogens is 2. The lowest BCUT2D eigenvalue weighted by Gasteiger charge is -2.16. The summed E-state index contributed by atoms with van der Waals surface area (Å²) in [5, 5.41) is 6.70. The number of aryl methyl sites for hydroxylation is 2. The molecule has 2 amide bonds. The normalized spacial score (nSPS) is 11.5. The van der Waals surface area contributed by atoms with Gasteiger partial charge in [0, 0.05) is 22.6 Å². The minimum absolute atomic E-state index is 0.123. The summed E-state index contributed by atoms with van der Waals surface area (Å²) < 4.78 is 11.0. The summed E-state index contributed by atoms with van der Waals surface area (Å²) in [4.78, 5) is 24.0. The molecular formula is C21H24Cl2N2O4. The highest BCUT2D eigenvalue weighted by Gasteiger charge is 2.11. The number of rotatable bonds is 9. The Labute approximate surface area is 180 Å². The largest absolute Gasteiger partial charge is 0.484 e. The van der Waals surface area contributed by atoms with E-state index in [1.54, 1.807) is 43.3 Å². The van der Waals surface area contributed by atoms with Crippen LogP contribution in [0.5, 0.6) is 11.5 Å². The highest BCUT2D eigenvalue weighted by atomic mass is 35.5. The van der Waals surface area contributed by atoms with Gasteiger partial charge in [0.05, 0.1) is 0 Å². The molecule has 2 N–H and O–H groups in total. The van der Waals surface area contributed by atoms with Crippen molar-refractivity contribution in [1.82, 2.24) is 10.6 Å². The number of carbonyl (C=O) groups excluding carboxylic acids is 2. The average Bonchev–Trinajstić information content (AvgIpc) is 2.65. The third-order valence-corrected chi connectivity index (χ3v) is 4.47. The maximum atomic E-state index is 12.0. The number of carbonyl (C=O) groups is 2. The molecule has 29 heavy (non-hydrogen) atoms. The zero-order valence-corrected chi connectivity index (χ0v) is 18.1. The molecule has 2 rings (SSSR count). The van der Waals surface area contributed by atoms with E-state index in [2.05, 4.69) is 10.6 Å². The molecule has 0 saturated heterocycles. The van der Waals surface area contributed by atoms with Crippen molar-refractivity contribution >= 4 is 35.0 Å². The second-order valence-electron chi connectivity index (χ2n) is 6.67. The first-order valence-electron chi connectivity index (χ1n) is 9.08. The number of hydrogen-bond donors (Lipinski definition) is 2. The van der Waals surface area contributed by atoms with Gasteiger partial charge in [-0.2, -0.15) is 0 Å². The molecule has 1 atom stereocenters. The SMILES string of the molecule is Cc1cc(Cl)ccc1OCC(=O)NCC(C)NC(=O)COc1ccc(Cl)cc1C. The Morgan fingerprint density at radius 2 is 1.38 bits per heavy atom. The molecule has 2 aromatic carbocycles. The van der Waals surface area contributed by atoms with E-state index in [4.69, 9.17) is 32.7 Å². The zero-order valence-electron chi connectivity index (χ0n) is 16.6. The van der Waals surface area contributed by atoms with Crippen LogP contribution in [0, 0.1) is 13.8 Å². The van der Waals surface area contributed by atoms with Crippen molar-refractivity contribution in [2.75, 3.05) is 19.8 Å². The van der Waals surface area contributed by atoms with Crippen LogP contribution >= 0.6 is 23.2 Å². The molecule has 0 aromatic heterocycles. The topological polar surface area (TPSA) is 76.7 Å². The molecular weight excluding hydrogens is 415 g/mol. The summed E-state index contributed by atoms with van der Waals surface area (Å²) in [5.74, 6) is 0.628. The summed E-state index contributed by atoms with van der Waals surface area (Å²) in [5.41, 5.74) is 1.70. The first-order valence-corrected chi connectivity index (χ1v) is 9.84. The van der Waals surface area contributed by atoms with Gasteiger partial charge in [0.2, 0.25) is 0 Å². The lowest BCUT2D eigenvalue weighted by Crippen LogP contribution is -2.44. The summed E-state index contributed by atoms with van der Waals surface area (Å²) in [6.45, 7) is 5.51. The van der Waals surface area contributed by atoms with Crippen molar-refractivity contribution in [3.8, 4) is 11.5 Å². The van der Waals surface area contributed by atoms with Crippen LogP contribution in [0.2, 0.25) is 10.0 Å². The Balaban J connectivity index is 1.68. The minimum atomic E-state index is -0.284. The van der Waals surface area contributed by atoms with Gasteiger partial charge >= 0.3 is 0 Å². The predicted octanol–water partition coefficient (Wildman–Crippen LogP) is 3.69. The molecule has 0 aliphatic heterocycles. The number of hydrogen-bond acceptors (Lipinski definition) is 4. The average molecular weight is 439 g/mol. The van der Waals surface area contributed by atoms with Crippen LogP contribution in [0.15, 0.2) is 36.4 Å². The second-order valence-corrected chi connectivity index (χ2v) is 7.54. The Kier molecular flexibility index (Phi) is 8.61. The van der Waals surface area contributed by atoms with Gasteiger partial charge < -0.3 is 20.1 Å². The van der Waals surface area contributed by atoms with E-state index in [9.17, 15) is 9.59 Å². The summed E-state index contributed by atoms with van der Waals surface area (Å²) >= 11 is 11.8. The molecule has 0 spiro atoms. The Bertz CT molecular complexity index is 874. The highest BCUT2D eigenvalue weighted by Crippen LogP contribution is 2.22. The fraction of sp³-hybridized carbons (Fsp3) is 0.333. The Morgan fingerprint density at radius 1 is 0.897 bits per heavy atom. The molecule has 0 radical (unpaired) electrons. The lowest BCUT2D eigenvalue weighted by molar-refractivity contribution is -0.125. The first kappa shape index (κ1) is 22.8. The maximum Gasteiger partial charge on any atom is 0.258 e. The van der Waals surface area contributed by atoms with E-state index in [0.717, 1.165) is 11.1 Å². The lowest BCUT2D eigenvalue weighted by atomic mass is 10.2. The molecule has 0 bridgehead atoms. The number of benzene rings is 2. The van der Waals surface area contributed by atoms with Crippen LogP contribution in [0.4, 0.5) is 0 Å². The predicted molar refractivity (Wildman–Crippen MR) is 114 cm³/mol. The molecule has 0 aliphatic rings. The Morgan fingerprint density at radius 3 is 1.86 bits per heavy atom. The van der Waals surface area contributed by atoms with Gasteiger partial charge in [-0.15, -0.1) is 0 Å². The zero-order chi connectivity index (χ0) is 21.4. The van der Waals surface area contributed by atoms with Crippen molar-refractivity contribution in [3.63, 3.8) is 0 Å². The summed E-state index contributed by atoms with van der Waals surface area (Å²) in [6.07, 6.45) is 0. The van der Waals surface area contributed by atoms with Crippen molar-refractivity contribution in [2.24, 2.45) is 0 Å². The second kappa shape index (κ2) is 10.9. The van der Waals surface area contributed by atoms with Crippen LogP contribution in [-0.4, -0.2) is 37.6 Å². The molecule has 6 nitrogen and oxygen atoms in total. The monoisotopic (exact) mass is 438 g/mol. The number of nitrogens with one attached hydrogen (secondary N) is 2. The van der Waals surface area contributed by atoms with Gasteiger partial charge in [-0.1, -0.05) is 23.2 Å². The third kappa shape index (κ3) is 7.83. The van der Waals surface area contributed by atoms with Crippen molar-refractivity contribution in [2.45, 2.75) is 26.8 Å². The van der Waals surface area contributed by atoms with Gasteiger partial charge in [0.15, 0.2) is 13.2 Å². The van der Waals surface area contributed by atoms with Crippen molar-refractivity contribution in [1.29, 1.82) is 0 Å². The van der Waals surface area contributed by atoms with E-state index in [1.165, 1.54) is 0 Å². The van der Waals surface area contributed by atoms with E-state index in [1.807, 2.05) is 13.8 Å². The molecule has 156 valence electrons. The number of amides is 2. The maximum absolute atomic E-state index is 12.0. The molecule has 2 aromatic rings. The Hall–Kier alpha value is -2.44. The summed E-state index contributed by atoms with van der Waals surface area (Å²) in [6, 6.07) is 10.1. The molecule has 0 aliphatic carbocycles. The van der Waals surface area contributed by atoms with Crippen LogP contribution in [0.1, 0.15) is 18.1 Å². The van der Waals surface area contributed by atoms with Gasteiger partial charge in [-0.3, -0.25) is 9.59 Å². The van der Waals surface area contributed by atoms with E-state index >= 15 is 0 Å². The van der Waals surface area contributed by atoms with Crippen LogP contribution in [-0.2, 0) is 9.59 Å². The standard InChI is InChI=1S/C21H24Cl2N2O4/c1-13-8-16(22)4-6-18(13)28-11-20(26)24-10-15(3)25-21(27)12-29-19-7-5-17(23)9-14(19)2/h4-9,15H,10-12H2,1-3H3,(H,24,26)(H,25,27). The summed E-state index contributed by atoms with van der Waals surface area (Å²) in [7, 11) is 0. The van der Waals surface area contributed by atoms with Crippen LogP contribution < -0.4 is 20.1 Å². The molecule has 0 saturated carbocycles. The quantitative estimate of drug-likeness (QED) is 0.625. The fourth-order valence-electron chi connectivity index (χ4n) is 2.52. The van der Waals surface area contributed by atoms with Crippen molar-refractivity contribution < 1.29 is 19.1 Å². The minimum Gasteiger partial charge on any atom is -0.484 e. The van der Waals surface area contributed by atoms with Crippen LogP contribution in [0.25, 0.3) is 0 Å². The van der Waals surface area contributed by atoms with Gasteiger partial charge in [0.1, 0.15) is 11.5 Å². The van der Waals surface area contributed by atoms with Crippen LogP contribution in [0.3, 0.4) is 0 Å². The highest BCUT2D eigenvalue weighted by molar-refractivity contribution is 6.31. The fourth-order valence-corrected chi connectivity index (χ4v) is 2.97. The van der Waals surface area contributed by atoms with Gasteiger partial charge in [-0.05, 0) is 68.3 Å². The van der Waals surface area contributed by atoms with E-state index < -0.39 is 0 Å². The molecule has 1 unspecified atom stereocenters. The smallest absolute Gasteiger partial charge is 0.258 e. The van der Waals surface area contributed by atoms with E-state index in [0.29, 0.717) is 21.5 Å². The first-order chi connectivity index (χ1) is 13.7.